The van der Waals surface area contributed by atoms with Gasteiger partial charge in [-0.05, 0) is 31.0 Å². The van der Waals surface area contributed by atoms with Crippen LogP contribution >= 0.6 is 0 Å². The second kappa shape index (κ2) is 7.53. The van der Waals surface area contributed by atoms with Gasteiger partial charge in [0, 0.05) is 19.5 Å². The quantitative estimate of drug-likeness (QED) is 0.775. The van der Waals surface area contributed by atoms with Crippen molar-refractivity contribution >= 4 is 11.9 Å². The van der Waals surface area contributed by atoms with E-state index in [-0.39, 0.29) is 18.1 Å². The van der Waals surface area contributed by atoms with Gasteiger partial charge in [0.2, 0.25) is 5.91 Å². The third-order valence-corrected chi connectivity index (χ3v) is 2.93. The van der Waals surface area contributed by atoms with Crippen LogP contribution in [0.15, 0.2) is 24.3 Å². The molecule has 19 heavy (non-hydrogen) atoms. The second-order valence-electron chi connectivity index (χ2n) is 4.20. The van der Waals surface area contributed by atoms with Gasteiger partial charge in [0.25, 0.3) is 0 Å². The zero-order valence-electron chi connectivity index (χ0n) is 11.0. The molecule has 2 N–H and O–H groups in total. The molecule has 0 aliphatic carbocycles. The van der Waals surface area contributed by atoms with Crippen molar-refractivity contribution in [1.82, 2.24) is 4.90 Å². The Bertz CT molecular complexity index is 428. The molecule has 1 aromatic rings. The number of benzene rings is 1. The number of aliphatic hydroxyl groups is 1. The van der Waals surface area contributed by atoms with Gasteiger partial charge < -0.3 is 15.1 Å². The summed E-state index contributed by atoms with van der Waals surface area (Å²) in [7, 11) is 0. The van der Waals surface area contributed by atoms with Crippen molar-refractivity contribution in [2.75, 3.05) is 19.7 Å². The van der Waals surface area contributed by atoms with Gasteiger partial charge in [0.15, 0.2) is 0 Å². The number of carbonyl (C=O) groups excluding carboxylic acids is 1. The van der Waals surface area contributed by atoms with E-state index in [0.29, 0.717) is 25.9 Å². The Hall–Kier alpha value is -1.88. The summed E-state index contributed by atoms with van der Waals surface area (Å²) in [4.78, 5) is 24.1. The molecule has 0 bridgehead atoms. The number of rotatable bonds is 7. The Morgan fingerprint density at radius 1 is 1.21 bits per heavy atom. The molecule has 5 heteroatoms. The van der Waals surface area contributed by atoms with Crippen LogP contribution in [0.1, 0.15) is 29.3 Å². The fourth-order valence-corrected chi connectivity index (χ4v) is 1.80. The standard InChI is InChI=1S/C14H19NO4/c1-2-15(9-10-16)13(17)8-5-11-3-6-12(7-4-11)14(18)19/h3-4,6-7,16H,2,5,8-10H2,1H3,(H,18,19). The molecule has 0 fully saturated rings. The van der Waals surface area contributed by atoms with Gasteiger partial charge in [-0.25, -0.2) is 4.79 Å². The molecule has 0 aliphatic heterocycles. The molecule has 0 saturated carbocycles. The monoisotopic (exact) mass is 265 g/mol. The summed E-state index contributed by atoms with van der Waals surface area (Å²) in [5.41, 5.74) is 1.17. The second-order valence-corrected chi connectivity index (χ2v) is 4.20. The van der Waals surface area contributed by atoms with Crippen molar-refractivity contribution in [2.24, 2.45) is 0 Å². The summed E-state index contributed by atoms with van der Waals surface area (Å²) in [6.45, 7) is 2.77. The Morgan fingerprint density at radius 3 is 2.32 bits per heavy atom. The van der Waals surface area contributed by atoms with Crippen LogP contribution in [-0.2, 0) is 11.2 Å². The Labute approximate surface area is 112 Å². The molecule has 0 aromatic heterocycles. The van der Waals surface area contributed by atoms with E-state index in [2.05, 4.69) is 0 Å². The van der Waals surface area contributed by atoms with Gasteiger partial charge in [-0.2, -0.15) is 0 Å². The van der Waals surface area contributed by atoms with Crippen molar-refractivity contribution in [3.8, 4) is 0 Å². The highest BCUT2D eigenvalue weighted by Crippen LogP contribution is 2.08. The number of aliphatic hydroxyl groups excluding tert-OH is 1. The molecule has 0 unspecified atom stereocenters. The fraction of sp³-hybridized carbons (Fsp3) is 0.429. The van der Waals surface area contributed by atoms with E-state index in [1.54, 1.807) is 17.0 Å². The topological polar surface area (TPSA) is 77.8 Å². The van der Waals surface area contributed by atoms with E-state index in [1.165, 1.54) is 12.1 Å². The van der Waals surface area contributed by atoms with Crippen LogP contribution in [-0.4, -0.2) is 46.7 Å². The molecule has 0 spiro atoms. The van der Waals surface area contributed by atoms with Gasteiger partial charge in [0.1, 0.15) is 0 Å². The maximum absolute atomic E-state index is 11.8. The zero-order chi connectivity index (χ0) is 14.3. The van der Waals surface area contributed by atoms with Crippen LogP contribution in [0.3, 0.4) is 0 Å². The molecule has 1 amide bonds. The highest BCUT2D eigenvalue weighted by Gasteiger charge is 2.11. The first kappa shape index (κ1) is 15.2. The lowest BCUT2D eigenvalue weighted by Gasteiger charge is -2.19. The zero-order valence-corrected chi connectivity index (χ0v) is 11.0. The van der Waals surface area contributed by atoms with E-state index < -0.39 is 5.97 Å². The number of amides is 1. The van der Waals surface area contributed by atoms with Crippen molar-refractivity contribution < 1.29 is 19.8 Å². The van der Waals surface area contributed by atoms with Gasteiger partial charge in [0.05, 0.1) is 12.2 Å². The normalized spacial score (nSPS) is 10.2. The summed E-state index contributed by atoms with van der Waals surface area (Å²) in [6, 6.07) is 6.51. The SMILES string of the molecule is CCN(CCO)C(=O)CCc1ccc(C(=O)O)cc1. The molecule has 0 heterocycles. The smallest absolute Gasteiger partial charge is 0.335 e. The van der Waals surface area contributed by atoms with E-state index in [1.807, 2.05) is 6.92 Å². The minimum absolute atomic E-state index is 0.00105. The lowest BCUT2D eigenvalue weighted by atomic mass is 10.1. The summed E-state index contributed by atoms with van der Waals surface area (Å²) >= 11 is 0. The average molecular weight is 265 g/mol. The number of carboxylic acids is 1. The number of nitrogens with zero attached hydrogens (tertiary/aromatic N) is 1. The minimum atomic E-state index is -0.956. The van der Waals surface area contributed by atoms with Crippen LogP contribution in [0.25, 0.3) is 0 Å². The highest BCUT2D eigenvalue weighted by atomic mass is 16.4. The average Bonchev–Trinajstić information content (AvgIpc) is 2.42. The van der Waals surface area contributed by atoms with E-state index in [9.17, 15) is 9.59 Å². The lowest BCUT2D eigenvalue weighted by molar-refractivity contribution is -0.131. The number of aryl methyl sites for hydroxylation is 1. The van der Waals surface area contributed by atoms with Crippen molar-refractivity contribution in [2.45, 2.75) is 19.8 Å². The molecule has 0 radical (unpaired) electrons. The van der Waals surface area contributed by atoms with E-state index >= 15 is 0 Å². The van der Waals surface area contributed by atoms with Crippen LogP contribution in [0, 0.1) is 0 Å². The predicted molar refractivity (Wildman–Crippen MR) is 71.1 cm³/mol. The molecule has 104 valence electrons. The molecule has 1 rings (SSSR count). The summed E-state index contributed by atoms with van der Waals surface area (Å²) < 4.78 is 0. The maximum atomic E-state index is 11.8. The van der Waals surface area contributed by atoms with Gasteiger partial charge in [-0.3, -0.25) is 4.79 Å². The first-order chi connectivity index (χ1) is 9.08. The van der Waals surface area contributed by atoms with Crippen LogP contribution in [0.5, 0.6) is 0 Å². The number of hydrogen-bond donors (Lipinski definition) is 2. The van der Waals surface area contributed by atoms with Crippen molar-refractivity contribution in [1.29, 1.82) is 0 Å². The van der Waals surface area contributed by atoms with Crippen molar-refractivity contribution in [3.63, 3.8) is 0 Å². The minimum Gasteiger partial charge on any atom is -0.478 e. The van der Waals surface area contributed by atoms with E-state index in [0.717, 1.165) is 5.56 Å². The molecular weight excluding hydrogens is 246 g/mol. The first-order valence-electron chi connectivity index (χ1n) is 6.29. The molecule has 0 aliphatic rings. The summed E-state index contributed by atoms with van der Waals surface area (Å²) in [5, 5.41) is 17.6. The molecule has 5 nitrogen and oxygen atoms in total. The fourth-order valence-electron chi connectivity index (χ4n) is 1.80. The molecular formula is C14H19NO4. The van der Waals surface area contributed by atoms with Crippen LogP contribution < -0.4 is 0 Å². The molecule has 1 aromatic carbocycles. The number of carboxylic acid groups (broad SMARTS) is 1. The van der Waals surface area contributed by atoms with Crippen LogP contribution in [0.4, 0.5) is 0 Å². The predicted octanol–water partition coefficient (Wildman–Crippen LogP) is 1.16. The third kappa shape index (κ3) is 4.71. The number of likely N-dealkylation sites (N-methyl/N-ethyl adjacent to an activating group) is 1. The first-order valence-corrected chi connectivity index (χ1v) is 6.29. The van der Waals surface area contributed by atoms with Gasteiger partial charge >= 0.3 is 5.97 Å². The molecule has 0 atom stereocenters. The third-order valence-electron chi connectivity index (χ3n) is 2.93. The number of aromatic carboxylic acids is 1. The number of carbonyl (C=O) groups is 2. The Kier molecular flexibility index (Phi) is 6.02. The summed E-state index contributed by atoms with van der Waals surface area (Å²) in [6.07, 6.45) is 0.931. The van der Waals surface area contributed by atoms with Crippen LogP contribution in [0.2, 0.25) is 0 Å². The Morgan fingerprint density at radius 2 is 1.84 bits per heavy atom. The molecule has 0 saturated heterocycles. The number of hydrogen-bond acceptors (Lipinski definition) is 3. The largest absolute Gasteiger partial charge is 0.478 e. The van der Waals surface area contributed by atoms with Crippen molar-refractivity contribution in [3.05, 3.63) is 35.4 Å². The summed E-state index contributed by atoms with van der Waals surface area (Å²) in [5.74, 6) is -0.957. The maximum Gasteiger partial charge on any atom is 0.335 e. The Balaban J connectivity index is 2.52. The lowest BCUT2D eigenvalue weighted by Crippen LogP contribution is -2.33. The van der Waals surface area contributed by atoms with Gasteiger partial charge in [-0.1, -0.05) is 12.1 Å². The van der Waals surface area contributed by atoms with Gasteiger partial charge in [-0.15, -0.1) is 0 Å². The highest BCUT2D eigenvalue weighted by molar-refractivity contribution is 5.87. The van der Waals surface area contributed by atoms with E-state index in [4.69, 9.17) is 10.2 Å².